The Balaban J connectivity index is 1.36. The van der Waals surface area contributed by atoms with Gasteiger partial charge in [0, 0.05) is 38.1 Å². The topological polar surface area (TPSA) is 52.7 Å². The molecule has 1 aromatic rings. The number of piperidine rings is 1. The minimum Gasteiger partial charge on any atom is -0.355 e. The summed E-state index contributed by atoms with van der Waals surface area (Å²) in [5.74, 6) is -0.310. The van der Waals surface area contributed by atoms with Crippen molar-refractivity contribution >= 4 is 11.9 Å². The minimum absolute atomic E-state index is 0.0531. The van der Waals surface area contributed by atoms with Gasteiger partial charge in [0.1, 0.15) is 5.82 Å². The Morgan fingerprint density at radius 2 is 1.62 bits per heavy atom. The Kier molecular flexibility index (Phi) is 6.07. The molecule has 0 spiro atoms. The summed E-state index contributed by atoms with van der Waals surface area (Å²) in [6.45, 7) is 3.54. The van der Waals surface area contributed by atoms with Crippen LogP contribution in [0, 0.1) is 11.7 Å². The summed E-state index contributed by atoms with van der Waals surface area (Å²) < 4.78 is 13.4. The first kappa shape index (κ1) is 20.2. The predicted molar refractivity (Wildman–Crippen MR) is 110 cm³/mol. The van der Waals surface area contributed by atoms with E-state index in [2.05, 4.69) is 5.32 Å². The van der Waals surface area contributed by atoms with E-state index in [-0.39, 0.29) is 29.1 Å². The summed E-state index contributed by atoms with van der Waals surface area (Å²) in [6.07, 6.45) is 8.17. The Bertz CT molecular complexity index is 724. The van der Waals surface area contributed by atoms with Gasteiger partial charge in [-0.05, 0) is 56.2 Å². The van der Waals surface area contributed by atoms with Crippen molar-refractivity contribution in [2.75, 3.05) is 32.7 Å². The molecule has 3 fully saturated rings. The van der Waals surface area contributed by atoms with Gasteiger partial charge in [-0.2, -0.15) is 0 Å². The molecule has 1 aromatic carbocycles. The number of rotatable bonds is 4. The van der Waals surface area contributed by atoms with E-state index in [1.54, 1.807) is 0 Å². The van der Waals surface area contributed by atoms with Crippen LogP contribution in [0.2, 0.25) is 0 Å². The van der Waals surface area contributed by atoms with Crippen molar-refractivity contribution in [3.63, 3.8) is 0 Å². The molecule has 29 heavy (non-hydrogen) atoms. The molecule has 0 bridgehead atoms. The second kappa shape index (κ2) is 8.72. The van der Waals surface area contributed by atoms with Crippen LogP contribution in [0.5, 0.6) is 0 Å². The molecule has 1 atom stereocenters. The van der Waals surface area contributed by atoms with E-state index in [1.165, 1.54) is 12.1 Å². The molecule has 3 amide bonds. The number of carbonyl (C=O) groups is 2. The number of benzene rings is 1. The van der Waals surface area contributed by atoms with Crippen molar-refractivity contribution in [3.8, 4) is 0 Å². The molecule has 1 aliphatic carbocycles. The summed E-state index contributed by atoms with van der Waals surface area (Å²) in [6, 6.07) is 6.85. The molecule has 2 aliphatic heterocycles. The Morgan fingerprint density at radius 1 is 0.966 bits per heavy atom. The lowest BCUT2D eigenvalue weighted by Crippen LogP contribution is -2.50. The van der Waals surface area contributed by atoms with Gasteiger partial charge in [0.05, 0.1) is 5.92 Å². The molecule has 3 aliphatic rings. The van der Waals surface area contributed by atoms with Gasteiger partial charge in [-0.15, -0.1) is 0 Å². The van der Waals surface area contributed by atoms with E-state index in [9.17, 15) is 14.0 Å². The second-order valence-electron chi connectivity index (χ2n) is 8.97. The Labute approximate surface area is 172 Å². The van der Waals surface area contributed by atoms with E-state index >= 15 is 0 Å². The molecule has 1 unspecified atom stereocenters. The molecule has 1 saturated carbocycles. The average Bonchev–Trinajstić information content (AvgIpc) is 3.45. The number of urea groups is 1. The average molecular weight is 402 g/mol. The standard InChI is InChI=1S/C23H32FN3O2/c24-20-9-7-19(8-10-20)23(11-1-2-12-23)17-25-21(28)18-6-5-15-27(16-18)22(29)26-13-3-4-14-26/h7-10,18H,1-6,11-17H2,(H,25,28). The third-order valence-corrected chi connectivity index (χ3v) is 7.06. The monoisotopic (exact) mass is 401 g/mol. The van der Waals surface area contributed by atoms with E-state index in [4.69, 9.17) is 0 Å². The molecule has 1 N–H and O–H groups in total. The SMILES string of the molecule is O=C(NCC1(c2ccc(F)cc2)CCCC1)C1CCCN(C(=O)N2CCCC2)C1. The second-order valence-corrected chi connectivity index (χ2v) is 8.97. The van der Waals surface area contributed by atoms with Gasteiger partial charge >= 0.3 is 6.03 Å². The maximum atomic E-state index is 13.4. The first-order valence-electron chi connectivity index (χ1n) is 11.2. The van der Waals surface area contributed by atoms with Crippen molar-refractivity contribution in [2.45, 2.75) is 56.8 Å². The van der Waals surface area contributed by atoms with Gasteiger partial charge < -0.3 is 15.1 Å². The third kappa shape index (κ3) is 4.41. The maximum absolute atomic E-state index is 13.4. The molecule has 158 valence electrons. The van der Waals surface area contributed by atoms with Crippen LogP contribution in [0.15, 0.2) is 24.3 Å². The van der Waals surface area contributed by atoms with Crippen LogP contribution in [0.25, 0.3) is 0 Å². The minimum atomic E-state index is -0.226. The van der Waals surface area contributed by atoms with Crippen molar-refractivity contribution in [3.05, 3.63) is 35.6 Å². The van der Waals surface area contributed by atoms with Crippen molar-refractivity contribution in [1.29, 1.82) is 0 Å². The molecule has 2 saturated heterocycles. The van der Waals surface area contributed by atoms with Crippen LogP contribution in [0.3, 0.4) is 0 Å². The summed E-state index contributed by atoms with van der Waals surface area (Å²) in [5, 5.41) is 3.19. The summed E-state index contributed by atoms with van der Waals surface area (Å²) >= 11 is 0. The van der Waals surface area contributed by atoms with Crippen molar-refractivity contribution in [2.24, 2.45) is 5.92 Å². The summed E-state index contributed by atoms with van der Waals surface area (Å²) in [4.78, 5) is 29.4. The van der Waals surface area contributed by atoms with Crippen LogP contribution in [0.1, 0.15) is 56.9 Å². The van der Waals surface area contributed by atoms with Crippen LogP contribution in [0.4, 0.5) is 9.18 Å². The quantitative estimate of drug-likeness (QED) is 0.837. The van der Waals surface area contributed by atoms with Crippen molar-refractivity contribution < 1.29 is 14.0 Å². The zero-order valence-electron chi connectivity index (χ0n) is 17.2. The van der Waals surface area contributed by atoms with E-state index < -0.39 is 0 Å². The predicted octanol–water partition coefficient (Wildman–Crippen LogP) is 3.68. The fourth-order valence-electron chi connectivity index (χ4n) is 5.30. The zero-order valence-corrected chi connectivity index (χ0v) is 17.2. The highest BCUT2D eigenvalue weighted by Gasteiger charge is 2.37. The largest absolute Gasteiger partial charge is 0.355 e. The highest BCUT2D eigenvalue weighted by molar-refractivity contribution is 5.81. The van der Waals surface area contributed by atoms with E-state index in [0.29, 0.717) is 13.1 Å². The number of nitrogens with zero attached hydrogens (tertiary/aromatic N) is 2. The number of amides is 3. The normalized spacial score (nSPS) is 24.0. The Morgan fingerprint density at radius 3 is 2.31 bits per heavy atom. The van der Waals surface area contributed by atoms with E-state index in [1.807, 2.05) is 21.9 Å². The molecular weight excluding hydrogens is 369 g/mol. The van der Waals surface area contributed by atoms with Crippen LogP contribution in [-0.4, -0.2) is 54.5 Å². The van der Waals surface area contributed by atoms with Gasteiger partial charge in [0.15, 0.2) is 0 Å². The number of nitrogens with one attached hydrogen (secondary N) is 1. The summed E-state index contributed by atoms with van der Waals surface area (Å²) in [7, 11) is 0. The first-order valence-corrected chi connectivity index (χ1v) is 11.2. The van der Waals surface area contributed by atoms with Crippen LogP contribution < -0.4 is 5.32 Å². The van der Waals surface area contributed by atoms with Gasteiger partial charge in [-0.1, -0.05) is 25.0 Å². The number of likely N-dealkylation sites (tertiary alicyclic amines) is 2. The van der Waals surface area contributed by atoms with Crippen LogP contribution >= 0.6 is 0 Å². The lowest BCUT2D eigenvalue weighted by atomic mass is 9.78. The van der Waals surface area contributed by atoms with Crippen LogP contribution in [-0.2, 0) is 10.2 Å². The lowest BCUT2D eigenvalue weighted by Gasteiger charge is -2.35. The number of carbonyl (C=O) groups excluding carboxylic acids is 2. The molecule has 6 heteroatoms. The maximum Gasteiger partial charge on any atom is 0.320 e. The third-order valence-electron chi connectivity index (χ3n) is 7.06. The molecule has 2 heterocycles. The molecule has 0 radical (unpaired) electrons. The number of hydrogen-bond acceptors (Lipinski definition) is 2. The van der Waals surface area contributed by atoms with E-state index in [0.717, 1.165) is 76.6 Å². The van der Waals surface area contributed by atoms with Gasteiger partial charge in [-0.3, -0.25) is 4.79 Å². The highest BCUT2D eigenvalue weighted by Crippen LogP contribution is 2.40. The number of halogens is 1. The highest BCUT2D eigenvalue weighted by atomic mass is 19.1. The lowest BCUT2D eigenvalue weighted by molar-refractivity contribution is -0.126. The first-order chi connectivity index (χ1) is 14.1. The zero-order chi connectivity index (χ0) is 20.3. The van der Waals surface area contributed by atoms with Crippen molar-refractivity contribution in [1.82, 2.24) is 15.1 Å². The summed E-state index contributed by atoms with van der Waals surface area (Å²) in [5.41, 5.74) is 1.02. The fourth-order valence-corrected chi connectivity index (χ4v) is 5.30. The van der Waals surface area contributed by atoms with Gasteiger partial charge in [0.25, 0.3) is 0 Å². The molecule has 5 nitrogen and oxygen atoms in total. The molecular formula is C23H32FN3O2. The molecule has 4 rings (SSSR count). The van der Waals surface area contributed by atoms with Gasteiger partial charge in [0.2, 0.25) is 5.91 Å². The Hall–Kier alpha value is -2.11. The smallest absolute Gasteiger partial charge is 0.320 e. The molecule has 0 aromatic heterocycles. The number of hydrogen-bond donors (Lipinski definition) is 1. The van der Waals surface area contributed by atoms with Gasteiger partial charge in [-0.25, -0.2) is 9.18 Å². The fraction of sp³-hybridized carbons (Fsp3) is 0.652.